The second-order valence-corrected chi connectivity index (χ2v) is 5.75. The molecule has 0 saturated carbocycles. The maximum Gasteiger partial charge on any atom is 0.211 e. The number of nitrogens with two attached hydrogens (primary N) is 2. The molecule has 0 aliphatic carbocycles. The van der Waals surface area contributed by atoms with Gasteiger partial charge >= 0.3 is 0 Å². The van der Waals surface area contributed by atoms with Gasteiger partial charge in [-0.05, 0) is 11.4 Å². The van der Waals surface area contributed by atoms with Crippen molar-refractivity contribution >= 4 is 47.7 Å². The van der Waals surface area contributed by atoms with Gasteiger partial charge in [0.05, 0.1) is 17.6 Å². The zero-order chi connectivity index (χ0) is 13.2. The van der Waals surface area contributed by atoms with Gasteiger partial charge in [0.15, 0.2) is 5.16 Å². The Morgan fingerprint density at radius 3 is 3.00 bits per heavy atom. The molecule has 20 heavy (non-hydrogen) atoms. The highest BCUT2D eigenvalue weighted by Gasteiger charge is 2.21. The second kappa shape index (κ2) is 6.29. The molecule has 1 aliphatic rings. The van der Waals surface area contributed by atoms with E-state index >= 15 is 0 Å². The van der Waals surface area contributed by atoms with E-state index < -0.39 is 0 Å². The topological polar surface area (TPSA) is 94.6 Å². The summed E-state index contributed by atoms with van der Waals surface area (Å²) < 4.78 is 2.14. The molecule has 0 spiro atoms. The van der Waals surface area contributed by atoms with Crippen molar-refractivity contribution < 1.29 is 0 Å². The van der Waals surface area contributed by atoms with E-state index in [2.05, 4.69) is 25.1 Å². The molecule has 0 unspecified atom stereocenters. The Bertz CT molecular complexity index is 642. The molecule has 1 aliphatic heterocycles. The van der Waals surface area contributed by atoms with Gasteiger partial charge in [0.2, 0.25) is 5.96 Å². The van der Waals surface area contributed by atoms with E-state index in [0.717, 1.165) is 34.4 Å². The van der Waals surface area contributed by atoms with Crippen LogP contribution in [0.3, 0.4) is 0 Å². The number of hydrogen-bond donors (Lipinski definition) is 2. The third kappa shape index (κ3) is 2.82. The fourth-order valence-electron chi connectivity index (χ4n) is 1.89. The number of guanidine groups is 1. The van der Waals surface area contributed by atoms with Crippen molar-refractivity contribution in [1.29, 1.82) is 0 Å². The number of nitrogens with zero attached hydrogens (tertiary/aromatic N) is 4. The summed E-state index contributed by atoms with van der Waals surface area (Å²) >= 11 is 3.39. The Morgan fingerprint density at radius 1 is 1.45 bits per heavy atom. The first-order chi connectivity index (χ1) is 9.25. The molecule has 4 N–H and O–H groups in total. The standard InChI is InChI=1S/C11H12N6S2.ClH/c12-10(13)16-14-5-8-9(7-1-3-18-6-7)15-11-17(8)2-4-19-11;/h1,3,5-6H,2,4H2,(H4,12,13,16);1H/b14-5+;. The summed E-state index contributed by atoms with van der Waals surface area (Å²) in [4.78, 5) is 4.66. The lowest BCUT2D eigenvalue weighted by molar-refractivity contribution is 0.715. The number of aromatic nitrogens is 2. The number of rotatable bonds is 3. The van der Waals surface area contributed by atoms with Crippen LogP contribution in [0.25, 0.3) is 11.3 Å². The normalized spacial score (nSPS) is 13.2. The Kier molecular flexibility index (Phi) is 4.69. The van der Waals surface area contributed by atoms with E-state index in [1.807, 2.05) is 11.4 Å². The van der Waals surface area contributed by atoms with Crippen LogP contribution in [-0.4, -0.2) is 27.5 Å². The maximum absolute atomic E-state index is 5.27. The quantitative estimate of drug-likeness (QED) is 0.510. The van der Waals surface area contributed by atoms with Crippen molar-refractivity contribution in [2.75, 3.05) is 5.75 Å². The number of imidazole rings is 1. The van der Waals surface area contributed by atoms with Gasteiger partial charge in [-0.1, -0.05) is 11.8 Å². The van der Waals surface area contributed by atoms with Crippen molar-refractivity contribution in [3.63, 3.8) is 0 Å². The van der Waals surface area contributed by atoms with E-state index in [9.17, 15) is 0 Å². The third-order valence-electron chi connectivity index (χ3n) is 2.67. The molecule has 106 valence electrons. The Morgan fingerprint density at radius 2 is 2.30 bits per heavy atom. The largest absolute Gasteiger partial charge is 0.369 e. The molecular formula is C11H13ClN6S2. The van der Waals surface area contributed by atoms with Gasteiger partial charge < -0.3 is 16.0 Å². The first kappa shape index (κ1) is 14.9. The zero-order valence-corrected chi connectivity index (χ0v) is 12.8. The lowest BCUT2D eigenvalue weighted by atomic mass is 10.2. The van der Waals surface area contributed by atoms with Gasteiger partial charge in [0, 0.05) is 23.2 Å². The van der Waals surface area contributed by atoms with E-state index in [4.69, 9.17) is 11.5 Å². The Hall–Kier alpha value is -1.51. The fraction of sp³-hybridized carbons (Fsp3) is 0.182. The van der Waals surface area contributed by atoms with Crippen LogP contribution in [0.15, 0.2) is 32.2 Å². The summed E-state index contributed by atoms with van der Waals surface area (Å²) in [6, 6.07) is 2.05. The molecule has 0 bridgehead atoms. The molecule has 9 heteroatoms. The second-order valence-electron chi connectivity index (χ2n) is 3.91. The highest BCUT2D eigenvalue weighted by Crippen LogP contribution is 2.33. The summed E-state index contributed by atoms with van der Waals surface area (Å²) in [6.07, 6.45) is 1.66. The molecule has 0 saturated heterocycles. The average Bonchev–Trinajstić information content (AvgIpc) is 3.03. The van der Waals surface area contributed by atoms with Gasteiger partial charge in [-0.15, -0.1) is 17.5 Å². The maximum atomic E-state index is 5.27. The van der Waals surface area contributed by atoms with E-state index in [1.54, 1.807) is 29.3 Å². The monoisotopic (exact) mass is 328 g/mol. The molecule has 3 heterocycles. The SMILES string of the molecule is Cl.NC(N)=N/N=C/c1c(-c2ccsc2)nc2n1CCS2. The average molecular weight is 329 g/mol. The summed E-state index contributed by atoms with van der Waals surface area (Å²) in [6.45, 7) is 0.931. The highest BCUT2D eigenvalue weighted by molar-refractivity contribution is 7.99. The molecule has 3 rings (SSSR count). The smallest absolute Gasteiger partial charge is 0.211 e. The lowest BCUT2D eigenvalue weighted by Gasteiger charge is -2.00. The van der Waals surface area contributed by atoms with Crippen LogP contribution in [0.5, 0.6) is 0 Å². The van der Waals surface area contributed by atoms with Gasteiger partial charge in [-0.2, -0.15) is 16.4 Å². The molecule has 0 aromatic carbocycles. The molecule has 2 aromatic rings. The number of thiophene rings is 1. The minimum absolute atomic E-state index is 0. The van der Waals surface area contributed by atoms with Gasteiger partial charge in [-0.3, -0.25) is 0 Å². The number of halogens is 1. The van der Waals surface area contributed by atoms with Crippen LogP contribution in [0.2, 0.25) is 0 Å². The number of fused-ring (bicyclic) bond motifs is 1. The van der Waals surface area contributed by atoms with Gasteiger partial charge in [0.1, 0.15) is 0 Å². The van der Waals surface area contributed by atoms with Crippen molar-refractivity contribution in [1.82, 2.24) is 9.55 Å². The molecular weight excluding hydrogens is 316 g/mol. The Balaban J connectivity index is 0.00000147. The predicted molar refractivity (Wildman–Crippen MR) is 86.9 cm³/mol. The molecule has 2 aromatic heterocycles. The minimum atomic E-state index is -0.0520. The molecule has 0 fully saturated rings. The minimum Gasteiger partial charge on any atom is -0.369 e. The lowest BCUT2D eigenvalue weighted by Crippen LogP contribution is -2.21. The molecule has 6 nitrogen and oxygen atoms in total. The van der Waals surface area contributed by atoms with Gasteiger partial charge in [0.25, 0.3) is 0 Å². The zero-order valence-electron chi connectivity index (χ0n) is 10.4. The number of thioether (sulfide) groups is 1. The summed E-state index contributed by atoms with van der Waals surface area (Å²) in [5, 5.41) is 12.7. The van der Waals surface area contributed by atoms with Crippen LogP contribution in [-0.2, 0) is 6.54 Å². The van der Waals surface area contributed by atoms with E-state index in [1.165, 1.54) is 0 Å². The Labute approximate surface area is 130 Å². The van der Waals surface area contributed by atoms with Crippen LogP contribution in [0.4, 0.5) is 0 Å². The predicted octanol–water partition coefficient (Wildman–Crippen LogP) is 1.75. The number of hydrogen-bond acceptors (Lipinski definition) is 5. The fourth-order valence-corrected chi connectivity index (χ4v) is 3.49. The van der Waals surface area contributed by atoms with Gasteiger partial charge in [-0.25, -0.2) is 4.98 Å². The van der Waals surface area contributed by atoms with Crippen LogP contribution >= 0.6 is 35.5 Å². The van der Waals surface area contributed by atoms with Crippen LogP contribution < -0.4 is 11.5 Å². The van der Waals surface area contributed by atoms with Crippen molar-refractivity contribution in [2.45, 2.75) is 11.7 Å². The molecule has 0 atom stereocenters. The summed E-state index contributed by atoms with van der Waals surface area (Å²) in [7, 11) is 0. The molecule has 0 amide bonds. The van der Waals surface area contributed by atoms with Crippen LogP contribution in [0.1, 0.15) is 5.69 Å². The molecule has 0 radical (unpaired) electrons. The van der Waals surface area contributed by atoms with Crippen molar-refractivity contribution in [2.24, 2.45) is 21.7 Å². The van der Waals surface area contributed by atoms with E-state index in [-0.39, 0.29) is 18.4 Å². The van der Waals surface area contributed by atoms with Crippen molar-refractivity contribution in [3.05, 3.63) is 22.5 Å². The first-order valence-electron chi connectivity index (χ1n) is 5.63. The first-order valence-corrected chi connectivity index (χ1v) is 7.56. The summed E-state index contributed by atoms with van der Waals surface area (Å²) in [5.41, 5.74) is 13.5. The highest BCUT2D eigenvalue weighted by atomic mass is 35.5. The van der Waals surface area contributed by atoms with Crippen LogP contribution in [0, 0.1) is 0 Å². The summed E-state index contributed by atoms with van der Waals surface area (Å²) in [5.74, 6) is 0.985. The third-order valence-corrected chi connectivity index (χ3v) is 4.31. The van der Waals surface area contributed by atoms with Crippen molar-refractivity contribution in [3.8, 4) is 11.3 Å². The van der Waals surface area contributed by atoms with E-state index in [0.29, 0.717) is 0 Å².